The molecule has 0 radical (unpaired) electrons. The van der Waals surface area contributed by atoms with Crippen molar-refractivity contribution in [3.8, 4) is 0 Å². The number of fused-ring (bicyclic) bond motifs is 1. The van der Waals surface area contributed by atoms with Crippen LogP contribution in [0.4, 0.5) is 0 Å². The van der Waals surface area contributed by atoms with Crippen molar-refractivity contribution >= 4 is 5.91 Å². The predicted molar refractivity (Wildman–Crippen MR) is 108 cm³/mol. The minimum absolute atomic E-state index is 0.0339. The van der Waals surface area contributed by atoms with Gasteiger partial charge in [-0.3, -0.25) is 4.79 Å². The predicted octanol–water partition coefficient (Wildman–Crippen LogP) is 2.58. The van der Waals surface area contributed by atoms with E-state index in [4.69, 9.17) is 0 Å². The van der Waals surface area contributed by atoms with Gasteiger partial charge in [-0.25, -0.2) is 0 Å². The van der Waals surface area contributed by atoms with Crippen molar-refractivity contribution in [1.82, 2.24) is 4.90 Å². The molecule has 2 aliphatic rings. The molecule has 0 bridgehead atoms. The average Bonchev–Trinajstić information content (AvgIpc) is 2.68. The fourth-order valence-electron chi connectivity index (χ4n) is 5.89. The third-order valence-corrected chi connectivity index (χ3v) is 7.80. The zero-order valence-corrected chi connectivity index (χ0v) is 17.3. The Morgan fingerprint density at radius 1 is 1.14 bits per heavy atom. The SMILES string of the molecule is CN(Cc1ccccc1)C(=O)CC1C(O)CCC2C(C)(CO)C(O)CCC12C. The second kappa shape index (κ2) is 8.13. The maximum atomic E-state index is 13.0. The topological polar surface area (TPSA) is 81.0 Å². The Kier molecular flexibility index (Phi) is 6.18. The zero-order chi connectivity index (χ0) is 20.5. The second-order valence-corrected chi connectivity index (χ2v) is 9.47. The maximum Gasteiger partial charge on any atom is 0.223 e. The van der Waals surface area contributed by atoms with Gasteiger partial charge in [0.05, 0.1) is 18.8 Å². The van der Waals surface area contributed by atoms with E-state index in [-0.39, 0.29) is 29.8 Å². The molecule has 3 N–H and O–H groups in total. The van der Waals surface area contributed by atoms with E-state index >= 15 is 0 Å². The lowest BCUT2D eigenvalue weighted by atomic mass is 9.46. The summed E-state index contributed by atoms with van der Waals surface area (Å²) in [5.74, 6) is -0.0312. The molecule has 2 fully saturated rings. The first-order valence-corrected chi connectivity index (χ1v) is 10.5. The van der Waals surface area contributed by atoms with Gasteiger partial charge in [0.15, 0.2) is 0 Å². The lowest BCUT2D eigenvalue weighted by molar-refractivity contribution is -0.187. The van der Waals surface area contributed by atoms with Gasteiger partial charge in [-0.1, -0.05) is 44.2 Å². The summed E-state index contributed by atoms with van der Waals surface area (Å²) < 4.78 is 0. The first-order chi connectivity index (χ1) is 13.2. The van der Waals surface area contributed by atoms with Crippen LogP contribution in [0.5, 0.6) is 0 Å². The number of aliphatic hydroxyl groups excluding tert-OH is 3. The number of amides is 1. The number of rotatable bonds is 5. The van der Waals surface area contributed by atoms with Gasteiger partial charge in [0.2, 0.25) is 5.91 Å². The summed E-state index contributed by atoms with van der Waals surface area (Å²) in [7, 11) is 1.81. The molecule has 5 heteroatoms. The van der Waals surface area contributed by atoms with Crippen molar-refractivity contribution in [2.24, 2.45) is 22.7 Å². The standard InChI is InChI=1S/C23H35NO4/c1-22-12-11-20(27)23(2,15-25)19(22)10-9-18(26)17(22)13-21(28)24(3)14-16-7-5-4-6-8-16/h4-8,17-20,25-27H,9-15H2,1-3H3. The first-order valence-electron chi connectivity index (χ1n) is 10.5. The molecule has 0 aliphatic heterocycles. The fourth-order valence-corrected chi connectivity index (χ4v) is 5.89. The molecule has 1 aromatic carbocycles. The highest BCUT2D eigenvalue weighted by Gasteiger charge is 2.59. The summed E-state index contributed by atoms with van der Waals surface area (Å²) in [4.78, 5) is 14.7. The van der Waals surface area contributed by atoms with Gasteiger partial charge in [0.1, 0.15) is 0 Å². The lowest BCUT2D eigenvalue weighted by Gasteiger charge is -2.60. The summed E-state index contributed by atoms with van der Waals surface area (Å²) in [6.45, 7) is 4.58. The van der Waals surface area contributed by atoms with Gasteiger partial charge < -0.3 is 20.2 Å². The summed E-state index contributed by atoms with van der Waals surface area (Å²) in [6.07, 6.45) is 2.00. The molecule has 5 nitrogen and oxygen atoms in total. The van der Waals surface area contributed by atoms with Gasteiger partial charge in [-0.2, -0.15) is 0 Å². The third kappa shape index (κ3) is 3.72. The van der Waals surface area contributed by atoms with E-state index in [0.29, 0.717) is 25.8 Å². The van der Waals surface area contributed by atoms with Crippen LogP contribution in [0.2, 0.25) is 0 Å². The Morgan fingerprint density at radius 3 is 2.46 bits per heavy atom. The molecule has 0 aromatic heterocycles. The highest BCUT2D eigenvalue weighted by Crippen LogP contribution is 2.60. The van der Waals surface area contributed by atoms with E-state index in [9.17, 15) is 20.1 Å². The molecule has 6 unspecified atom stereocenters. The molecule has 1 amide bonds. The van der Waals surface area contributed by atoms with Crippen LogP contribution < -0.4 is 0 Å². The van der Waals surface area contributed by atoms with E-state index in [1.165, 1.54) is 0 Å². The minimum Gasteiger partial charge on any atom is -0.396 e. The molecule has 156 valence electrons. The molecule has 6 atom stereocenters. The largest absolute Gasteiger partial charge is 0.396 e. The highest BCUT2D eigenvalue weighted by molar-refractivity contribution is 5.76. The van der Waals surface area contributed by atoms with Crippen LogP contribution in [0, 0.1) is 22.7 Å². The molecule has 2 saturated carbocycles. The molecule has 3 rings (SSSR count). The molecular weight excluding hydrogens is 354 g/mol. The summed E-state index contributed by atoms with van der Waals surface area (Å²) >= 11 is 0. The normalized spacial score (nSPS) is 37.9. The molecule has 28 heavy (non-hydrogen) atoms. The monoisotopic (exact) mass is 389 g/mol. The molecule has 0 spiro atoms. The van der Waals surface area contributed by atoms with E-state index in [0.717, 1.165) is 18.4 Å². The highest BCUT2D eigenvalue weighted by atomic mass is 16.3. The number of benzene rings is 1. The Morgan fingerprint density at radius 2 is 1.82 bits per heavy atom. The molecule has 0 heterocycles. The van der Waals surface area contributed by atoms with Crippen molar-refractivity contribution in [2.75, 3.05) is 13.7 Å². The van der Waals surface area contributed by atoms with Crippen LogP contribution in [0.15, 0.2) is 30.3 Å². The molecule has 1 aromatic rings. The van der Waals surface area contributed by atoms with Gasteiger partial charge in [0.25, 0.3) is 0 Å². The van der Waals surface area contributed by atoms with E-state index in [1.54, 1.807) is 4.90 Å². The van der Waals surface area contributed by atoms with E-state index < -0.39 is 17.6 Å². The van der Waals surface area contributed by atoms with Crippen molar-refractivity contribution in [3.05, 3.63) is 35.9 Å². The summed E-state index contributed by atoms with van der Waals surface area (Å²) in [5, 5.41) is 31.4. The van der Waals surface area contributed by atoms with Gasteiger partial charge in [-0.05, 0) is 48.5 Å². The number of carbonyl (C=O) groups is 1. The number of hydrogen-bond donors (Lipinski definition) is 3. The smallest absolute Gasteiger partial charge is 0.223 e. The Labute approximate surface area is 168 Å². The Hall–Kier alpha value is -1.43. The fraction of sp³-hybridized carbons (Fsp3) is 0.696. The van der Waals surface area contributed by atoms with E-state index in [2.05, 4.69) is 6.92 Å². The van der Waals surface area contributed by atoms with Crippen LogP contribution in [0.1, 0.15) is 51.5 Å². The molecule has 0 saturated heterocycles. The van der Waals surface area contributed by atoms with Crippen molar-refractivity contribution in [1.29, 1.82) is 0 Å². The maximum absolute atomic E-state index is 13.0. The number of hydrogen-bond acceptors (Lipinski definition) is 4. The van der Waals surface area contributed by atoms with Crippen LogP contribution in [-0.2, 0) is 11.3 Å². The number of carbonyl (C=O) groups excluding carboxylic acids is 1. The quantitative estimate of drug-likeness (QED) is 0.723. The average molecular weight is 390 g/mol. The van der Waals surface area contributed by atoms with Crippen LogP contribution >= 0.6 is 0 Å². The number of aliphatic hydroxyl groups is 3. The van der Waals surface area contributed by atoms with Crippen LogP contribution in [0.3, 0.4) is 0 Å². The summed E-state index contributed by atoms with van der Waals surface area (Å²) in [6, 6.07) is 9.90. The van der Waals surface area contributed by atoms with Gasteiger partial charge >= 0.3 is 0 Å². The van der Waals surface area contributed by atoms with Crippen molar-refractivity contribution in [2.45, 2.75) is 64.7 Å². The zero-order valence-electron chi connectivity index (χ0n) is 17.3. The lowest BCUT2D eigenvalue weighted by Crippen LogP contribution is -2.60. The van der Waals surface area contributed by atoms with Crippen molar-refractivity contribution in [3.63, 3.8) is 0 Å². The van der Waals surface area contributed by atoms with Crippen LogP contribution in [0.25, 0.3) is 0 Å². The Bertz CT molecular complexity index is 680. The van der Waals surface area contributed by atoms with Crippen LogP contribution in [-0.4, -0.2) is 52.0 Å². The third-order valence-electron chi connectivity index (χ3n) is 7.80. The Balaban J connectivity index is 1.77. The summed E-state index contributed by atoms with van der Waals surface area (Å²) in [5.41, 5.74) is 0.238. The van der Waals surface area contributed by atoms with E-state index in [1.807, 2.05) is 44.3 Å². The first kappa shape index (κ1) is 21.3. The molecule has 2 aliphatic carbocycles. The number of nitrogens with zero attached hydrogens (tertiary/aromatic N) is 1. The molecular formula is C23H35NO4. The van der Waals surface area contributed by atoms with Crippen molar-refractivity contribution < 1.29 is 20.1 Å². The minimum atomic E-state index is -0.579. The van der Waals surface area contributed by atoms with Gasteiger partial charge in [0, 0.05) is 25.4 Å². The second-order valence-electron chi connectivity index (χ2n) is 9.47. The van der Waals surface area contributed by atoms with Gasteiger partial charge in [-0.15, -0.1) is 0 Å².